The minimum atomic E-state index is -0.0425. The molecule has 1 aromatic carbocycles. The van der Waals surface area contributed by atoms with Crippen molar-refractivity contribution in [3.05, 3.63) is 66.9 Å². The molecule has 0 bridgehead atoms. The molecule has 8 heteroatoms. The van der Waals surface area contributed by atoms with Crippen LogP contribution in [0.15, 0.2) is 61.3 Å². The SMILES string of the molecule is C=CC(=O)N1CCC(n2nc(-c3ccc(Oc4ccccc4)nc3)c(CN)c2N)CC1. The fraction of sp³-hybridized carbons (Fsp3) is 0.261. The monoisotopic (exact) mass is 418 g/mol. The van der Waals surface area contributed by atoms with Crippen LogP contribution < -0.4 is 16.2 Å². The number of carbonyl (C=O) groups excluding carboxylic acids is 1. The van der Waals surface area contributed by atoms with Gasteiger partial charge in [-0.2, -0.15) is 5.10 Å². The van der Waals surface area contributed by atoms with Crippen molar-refractivity contribution in [2.24, 2.45) is 5.73 Å². The maximum absolute atomic E-state index is 11.8. The molecule has 0 radical (unpaired) electrons. The zero-order valence-corrected chi connectivity index (χ0v) is 17.3. The summed E-state index contributed by atoms with van der Waals surface area (Å²) in [6.07, 6.45) is 4.62. The molecule has 1 fully saturated rings. The summed E-state index contributed by atoms with van der Waals surface area (Å²) in [5.41, 5.74) is 14.8. The topological polar surface area (TPSA) is 112 Å². The van der Waals surface area contributed by atoms with Gasteiger partial charge in [-0.25, -0.2) is 9.67 Å². The van der Waals surface area contributed by atoms with Crippen molar-refractivity contribution in [1.29, 1.82) is 0 Å². The van der Waals surface area contributed by atoms with Gasteiger partial charge in [-0.3, -0.25) is 4.79 Å². The predicted octanol–water partition coefficient (Wildman–Crippen LogP) is 3.13. The van der Waals surface area contributed by atoms with Crippen LogP contribution in [-0.2, 0) is 11.3 Å². The lowest BCUT2D eigenvalue weighted by Crippen LogP contribution is -2.38. The fourth-order valence-corrected chi connectivity index (χ4v) is 3.84. The van der Waals surface area contributed by atoms with E-state index >= 15 is 0 Å². The average molecular weight is 419 g/mol. The second-order valence-corrected chi connectivity index (χ2v) is 7.42. The van der Waals surface area contributed by atoms with Crippen LogP contribution in [0.1, 0.15) is 24.4 Å². The number of nitrogen functional groups attached to an aromatic ring is 1. The van der Waals surface area contributed by atoms with Gasteiger partial charge in [0, 0.05) is 43.0 Å². The Bertz CT molecular complexity index is 1050. The molecule has 1 saturated heterocycles. The number of nitrogens with two attached hydrogens (primary N) is 2. The molecule has 4 N–H and O–H groups in total. The minimum Gasteiger partial charge on any atom is -0.439 e. The van der Waals surface area contributed by atoms with Crippen molar-refractivity contribution in [2.45, 2.75) is 25.4 Å². The first-order chi connectivity index (χ1) is 15.1. The van der Waals surface area contributed by atoms with E-state index in [1.807, 2.05) is 41.1 Å². The molecule has 8 nitrogen and oxygen atoms in total. The van der Waals surface area contributed by atoms with E-state index in [2.05, 4.69) is 11.6 Å². The van der Waals surface area contributed by atoms with E-state index in [0.717, 1.165) is 35.4 Å². The second kappa shape index (κ2) is 9.01. The van der Waals surface area contributed by atoms with Crippen molar-refractivity contribution in [3.63, 3.8) is 0 Å². The van der Waals surface area contributed by atoms with E-state index in [9.17, 15) is 4.79 Å². The molecule has 1 aliphatic rings. The Kier molecular flexibility index (Phi) is 5.99. The molecule has 0 saturated carbocycles. The van der Waals surface area contributed by atoms with Gasteiger partial charge in [-0.15, -0.1) is 0 Å². The van der Waals surface area contributed by atoms with Crippen LogP contribution in [0.3, 0.4) is 0 Å². The van der Waals surface area contributed by atoms with Crippen LogP contribution in [0.4, 0.5) is 5.82 Å². The van der Waals surface area contributed by atoms with E-state index in [-0.39, 0.29) is 18.5 Å². The highest BCUT2D eigenvalue weighted by atomic mass is 16.5. The normalized spacial score (nSPS) is 14.4. The van der Waals surface area contributed by atoms with Gasteiger partial charge in [0.25, 0.3) is 0 Å². The van der Waals surface area contributed by atoms with Gasteiger partial charge in [-0.05, 0) is 37.1 Å². The smallest absolute Gasteiger partial charge is 0.245 e. The molecular weight excluding hydrogens is 392 g/mol. The lowest BCUT2D eigenvalue weighted by Gasteiger charge is -2.31. The van der Waals surface area contributed by atoms with Crippen LogP contribution in [0.5, 0.6) is 11.6 Å². The molecule has 0 aliphatic carbocycles. The second-order valence-electron chi connectivity index (χ2n) is 7.42. The molecule has 4 rings (SSSR count). The van der Waals surface area contributed by atoms with Gasteiger partial charge in [-0.1, -0.05) is 24.8 Å². The Morgan fingerprint density at radius 3 is 2.55 bits per heavy atom. The van der Waals surface area contributed by atoms with Crippen LogP contribution >= 0.6 is 0 Å². The Hall–Kier alpha value is -3.65. The lowest BCUT2D eigenvalue weighted by atomic mass is 10.0. The summed E-state index contributed by atoms with van der Waals surface area (Å²) in [5.74, 6) is 1.74. The summed E-state index contributed by atoms with van der Waals surface area (Å²) < 4.78 is 7.61. The fourth-order valence-electron chi connectivity index (χ4n) is 3.84. The maximum Gasteiger partial charge on any atom is 0.245 e. The lowest BCUT2D eigenvalue weighted by molar-refractivity contribution is -0.127. The van der Waals surface area contributed by atoms with Crippen LogP contribution in [0.2, 0.25) is 0 Å². The van der Waals surface area contributed by atoms with E-state index in [0.29, 0.717) is 24.8 Å². The van der Waals surface area contributed by atoms with Crippen LogP contribution in [0.25, 0.3) is 11.3 Å². The standard InChI is InChI=1S/C23H26N6O2/c1-2-21(30)28-12-10-17(11-13-28)29-23(25)19(14-24)22(27-29)16-8-9-20(26-15-16)31-18-6-4-3-5-7-18/h2-9,15,17H,1,10-14,24-25H2. The average Bonchev–Trinajstić information content (AvgIpc) is 3.16. The molecule has 0 atom stereocenters. The highest BCUT2D eigenvalue weighted by Crippen LogP contribution is 2.33. The molecule has 31 heavy (non-hydrogen) atoms. The maximum atomic E-state index is 11.8. The molecule has 160 valence electrons. The molecule has 1 amide bonds. The molecule has 1 aliphatic heterocycles. The summed E-state index contributed by atoms with van der Waals surface area (Å²) in [5, 5.41) is 4.79. The number of hydrogen-bond acceptors (Lipinski definition) is 6. The molecule has 2 aromatic heterocycles. The van der Waals surface area contributed by atoms with Crippen molar-refractivity contribution in [3.8, 4) is 22.9 Å². The number of pyridine rings is 1. The number of rotatable bonds is 6. The number of carbonyl (C=O) groups is 1. The number of amides is 1. The van der Waals surface area contributed by atoms with Gasteiger partial charge in [0.15, 0.2) is 0 Å². The quantitative estimate of drug-likeness (QED) is 0.595. The van der Waals surface area contributed by atoms with E-state index < -0.39 is 0 Å². The first-order valence-electron chi connectivity index (χ1n) is 10.3. The van der Waals surface area contributed by atoms with Gasteiger partial charge in [0.05, 0.1) is 6.04 Å². The van der Waals surface area contributed by atoms with Gasteiger partial charge < -0.3 is 21.1 Å². The number of nitrogens with zero attached hydrogens (tertiary/aromatic N) is 4. The van der Waals surface area contributed by atoms with Crippen molar-refractivity contribution in [1.82, 2.24) is 19.7 Å². The number of aromatic nitrogens is 3. The molecule has 0 spiro atoms. The number of ether oxygens (including phenoxy) is 1. The number of para-hydroxylation sites is 1. The zero-order valence-electron chi connectivity index (χ0n) is 17.3. The third kappa shape index (κ3) is 4.29. The Balaban J connectivity index is 1.54. The summed E-state index contributed by atoms with van der Waals surface area (Å²) in [4.78, 5) is 18.0. The Labute approximate surface area is 181 Å². The summed E-state index contributed by atoms with van der Waals surface area (Å²) >= 11 is 0. The summed E-state index contributed by atoms with van der Waals surface area (Å²) in [6, 6.07) is 13.3. The first-order valence-corrected chi connectivity index (χ1v) is 10.3. The summed E-state index contributed by atoms with van der Waals surface area (Å²) in [6.45, 7) is 5.13. The predicted molar refractivity (Wildman–Crippen MR) is 119 cm³/mol. The number of hydrogen-bond donors (Lipinski definition) is 2. The third-order valence-electron chi connectivity index (χ3n) is 5.53. The Morgan fingerprint density at radius 2 is 1.94 bits per heavy atom. The van der Waals surface area contributed by atoms with Crippen molar-refractivity contribution in [2.75, 3.05) is 18.8 Å². The molecule has 3 heterocycles. The van der Waals surface area contributed by atoms with Gasteiger partial charge >= 0.3 is 0 Å². The van der Waals surface area contributed by atoms with E-state index in [1.165, 1.54) is 6.08 Å². The number of benzene rings is 1. The van der Waals surface area contributed by atoms with E-state index in [1.54, 1.807) is 17.2 Å². The molecular formula is C23H26N6O2. The highest BCUT2D eigenvalue weighted by Gasteiger charge is 2.27. The van der Waals surface area contributed by atoms with Crippen molar-refractivity contribution < 1.29 is 9.53 Å². The summed E-state index contributed by atoms with van der Waals surface area (Å²) in [7, 11) is 0. The highest BCUT2D eigenvalue weighted by molar-refractivity contribution is 5.87. The third-order valence-corrected chi connectivity index (χ3v) is 5.53. The van der Waals surface area contributed by atoms with Crippen LogP contribution in [0, 0.1) is 0 Å². The molecule has 0 unspecified atom stereocenters. The minimum absolute atomic E-state index is 0.0425. The van der Waals surface area contributed by atoms with Crippen LogP contribution in [-0.4, -0.2) is 38.7 Å². The number of piperidine rings is 1. The molecule has 3 aromatic rings. The van der Waals surface area contributed by atoms with Crippen molar-refractivity contribution >= 4 is 11.7 Å². The van der Waals surface area contributed by atoms with Gasteiger partial charge in [0.1, 0.15) is 17.3 Å². The van der Waals surface area contributed by atoms with Gasteiger partial charge in [0.2, 0.25) is 11.8 Å². The number of likely N-dealkylation sites (tertiary alicyclic amines) is 1. The van der Waals surface area contributed by atoms with E-state index in [4.69, 9.17) is 21.3 Å². The number of anilines is 1. The Morgan fingerprint density at radius 1 is 1.19 bits per heavy atom. The zero-order chi connectivity index (χ0) is 21.8. The largest absolute Gasteiger partial charge is 0.439 e. The first kappa shape index (κ1) is 20.6.